The molecular formula is C20H19ClN4O2. The number of halogens is 1. The summed E-state index contributed by atoms with van der Waals surface area (Å²) >= 11 is 6.10. The third-order valence-electron chi connectivity index (χ3n) is 3.90. The first-order valence-corrected chi connectivity index (χ1v) is 8.69. The number of ether oxygens (including phenoxy) is 1. The highest BCUT2D eigenvalue weighted by Gasteiger charge is 2.08. The number of carbonyl (C=O) groups excluding carboxylic acids is 1. The van der Waals surface area contributed by atoms with Gasteiger partial charge in [-0.1, -0.05) is 41.4 Å². The molecule has 1 aromatic heterocycles. The Bertz CT molecular complexity index is 928. The summed E-state index contributed by atoms with van der Waals surface area (Å²) in [6.45, 7) is 2.47. The van der Waals surface area contributed by atoms with Crippen molar-refractivity contribution in [2.45, 2.75) is 13.5 Å². The van der Waals surface area contributed by atoms with Crippen molar-refractivity contribution in [3.05, 3.63) is 76.6 Å². The van der Waals surface area contributed by atoms with Crippen LogP contribution in [0.15, 0.2) is 54.9 Å². The molecule has 0 aliphatic carbocycles. The summed E-state index contributed by atoms with van der Waals surface area (Å²) in [5, 5.41) is 6.37. The van der Waals surface area contributed by atoms with Crippen LogP contribution in [-0.2, 0) is 6.54 Å². The molecule has 2 aromatic carbocycles. The molecule has 3 rings (SSSR count). The van der Waals surface area contributed by atoms with Crippen LogP contribution in [0.1, 0.15) is 21.5 Å². The van der Waals surface area contributed by atoms with Crippen LogP contribution in [0, 0.1) is 6.92 Å². The fourth-order valence-corrected chi connectivity index (χ4v) is 2.63. The van der Waals surface area contributed by atoms with E-state index in [0.717, 1.165) is 11.3 Å². The van der Waals surface area contributed by atoms with Gasteiger partial charge in [-0.05, 0) is 30.7 Å². The van der Waals surface area contributed by atoms with Crippen LogP contribution in [0.2, 0.25) is 5.02 Å². The minimum Gasteiger partial charge on any atom is -0.495 e. The molecule has 0 aliphatic heterocycles. The van der Waals surface area contributed by atoms with Gasteiger partial charge in [-0.2, -0.15) is 0 Å². The summed E-state index contributed by atoms with van der Waals surface area (Å²) in [5.41, 5.74) is 3.32. The molecule has 138 valence electrons. The first kappa shape index (κ1) is 18.7. The second-order valence-corrected chi connectivity index (χ2v) is 6.35. The topological polar surface area (TPSA) is 76.1 Å². The van der Waals surface area contributed by atoms with E-state index in [2.05, 4.69) is 20.6 Å². The minimum absolute atomic E-state index is 0.227. The van der Waals surface area contributed by atoms with Crippen molar-refractivity contribution < 1.29 is 9.53 Å². The molecular weight excluding hydrogens is 364 g/mol. The van der Waals surface area contributed by atoms with E-state index in [9.17, 15) is 4.79 Å². The third-order valence-corrected chi connectivity index (χ3v) is 4.19. The number of anilines is 2. The number of hydrogen-bond acceptors (Lipinski definition) is 5. The fourth-order valence-electron chi connectivity index (χ4n) is 2.37. The van der Waals surface area contributed by atoms with Crippen molar-refractivity contribution in [1.82, 2.24) is 15.3 Å². The van der Waals surface area contributed by atoms with Gasteiger partial charge in [0.05, 0.1) is 17.7 Å². The molecule has 2 N–H and O–H groups in total. The van der Waals surface area contributed by atoms with Crippen LogP contribution in [0.3, 0.4) is 0 Å². The van der Waals surface area contributed by atoms with E-state index < -0.39 is 0 Å². The molecule has 0 unspecified atom stereocenters. The lowest BCUT2D eigenvalue weighted by Crippen LogP contribution is -2.23. The van der Waals surface area contributed by atoms with Crippen molar-refractivity contribution in [1.29, 1.82) is 0 Å². The van der Waals surface area contributed by atoms with Gasteiger partial charge in [0.25, 0.3) is 5.91 Å². The van der Waals surface area contributed by atoms with E-state index in [1.807, 2.05) is 31.2 Å². The Balaban J connectivity index is 1.60. The first-order valence-electron chi connectivity index (χ1n) is 8.31. The number of hydrogen-bond donors (Lipinski definition) is 2. The van der Waals surface area contributed by atoms with Crippen LogP contribution >= 0.6 is 11.6 Å². The van der Waals surface area contributed by atoms with E-state index in [1.165, 1.54) is 18.0 Å². The Hall–Kier alpha value is -3.12. The molecule has 0 spiro atoms. The van der Waals surface area contributed by atoms with Crippen molar-refractivity contribution in [3.8, 4) is 5.75 Å². The first-order chi connectivity index (χ1) is 13.0. The summed E-state index contributed by atoms with van der Waals surface area (Å²) in [7, 11) is 1.56. The molecule has 0 fully saturated rings. The number of benzene rings is 2. The third kappa shape index (κ3) is 4.95. The second-order valence-electron chi connectivity index (χ2n) is 5.94. The van der Waals surface area contributed by atoms with Gasteiger partial charge >= 0.3 is 0 Å². The molecule has 6 nitrogen and oxygen atoms in total. The molecule has 0 radical (unpaired) electrons. The number of aromatic nitrogens is 2. The van der Waals surface area contributed by atoms with E-state index in [-0.39, 0.29) is 5.91 Å². The van der Waals surface area contributed by atoms with Gasteiger partial charge in [-0.15, -0.1) is 0 Å². The predicted octanol–water partition coefficient (Wildman–Crippen LogP) is 4.12. The molecule has 0 saturated heterocycles. The number of nitrogens with zero attached hydrogens (tertiary/aromatic N) is 2. The lowest BCUT2D eigenvalue weighted by Gasteiger charge is -2.08. The highest BCUT2D eigenvalue weighted by Crippen LogP contribution is 2.28. The maximum absolute atomic E-state index is 12.2. The van der Waals surface area contributed by atoms with Crippen molar-refractivity contribution in [2.75, 3.05) is 12.4 Å². The molecule has 1 amide bonds. The quantitative estimate of drug-likeness (QED) is 0.670. The van der Waals surface area contributed by atoms with E-state index in [1.54, 1.807) is 25.3 Å². The number of nitrogens with one attached hydrogen (secondary N) is 2. The Morgan fingerprint density at radius 1 is 1.11 bits per heavy atom. The number of methoxy groups -OCH3 is 1. The summed E-state index contributed by atoms with van der Waals surface area (Å²) in [4.78, 5) is 20.6. The van der Waals surface area contributed by atoms with Gasteiger partial charge in [-0.3, -0.25) is 4.79 Å². The molecule has 0 bridgehead atoms. The number of amides is 1. The van der Waals surface area contributed by atoms with E-state index >= 15 is 0 Å². The summed E-state index contributed by atoms with van der Waals surface area (Å²) in [6, 6.07) is 13.3. The maximum Gasteiger partial charge on any atom is 0.254 e. The highest BCUT2D eigenvalue weighted by atomic mass is 35.5. The van der Waals surface area contributed by atoms with Gasteiger partial charge in [0.1, 0.15) is 5.75 Å². The average molecular weight is 383 g/mol. The smallest absolute Gasteiger partial charge is 0.254 e. The molecule has 27 heavy (non-hydrogen) atoms. The average Bonchev–Trinajstić information content (AvgIpc) is 2.68. The Morgan fingerprint density at radius 2 is 1.81 bits per heavy atom. The van der Waals surface area contributed by atoms with Crippen molar-refractivity contribution in [2.24, 2.45) is 0 Å². The summed E-state index contributed by atoms with van der Waals surface area (Å²) in [5.74, 6) is 0.727. The van der Waals surface area contributed by atoms with Crippen LogP contribution in [-0.4, -0.2) is 23.0 Å². The Kier molecular flexibility index (Phi) is 5.88. The Labute approximate surface area is 162 Å². The number of carbonyl (C=O) groups is 1. The molecule has 0 aliphatic rings. The predicted molar refractivity (Wildman–Crippen MR) is 106 cm³/mol. The van der Waals surface area contributed by atoms with Crippen LogP contribution in [0.25, 0.3) is 0 Å². The van der Waals surface area contributed by atoms with Crippen LogP contribution in [0.5, 0.6) is 5.75 Å². The normalized spacial score (nSPS) is 10.3. The van der Waals surface area contributed by atoms with Crippen molar-refractivity contribution in [3.63, 3.8) is 0 Å². The van der Waals surface area contributed by atoms with Crippen molar-refractivity contribution >= 4 is 29.1 Å². The van der Waals surface area contributed by atoms with Gasteiger partial charge in [0, 0.05) is 24.6 Å². The lowest BCUT2D eigenvalue weighted by atomic mass is 10.1. The monoisotopic (exact) mass is 382 g/mol. The fraction of sp³-hybridized carbons (Fsp3) is 0.150. The van der Waals surface area contributed by atoms with Gasteiger partial charge < -0.3 is 15.4 Å². The van der Waals surface area contributed by atoms with E-state index in [4.69, 9.17) is 16.3 Å². The largest absolute Gasteiger partial charge is 0.495 e. The number of rotatable bonds is 6. The van der Waals surface area contributed by atoms with Crippen LogP contribution < -0.4 is 15.4 Å². The Morgan fingerprint density at radius 3 is 2.44 bits per heavy atom. The second kappa shape index (κ2) is 8.51. The molecule has 7 heteroatoms. The zero-order chi connectivity index (χ0) is 19.2. The van der Waals surface area contributed by atoms with Gasteiger partial charge in [-0.25, -0.2) is 9.97 Å². The molecule has 0 saturated carbocycles. The zero-order valence-electron chi connectivity index (χ0n) is 15.0. The van der Waals surface area contributed by atoms with Crippen LogP contribution in [0.4, 0.5) is 11.6 Å². The molecule has 3 aromatic rings. The van der Waals surface area contributed by atoms with Gasteiger partial charge in [0.15, 0.2) is 0 Å². The van der Waals surface area contributed by atoms with E-state index in [0.29, 0.717) is 28.8 Å². The summed E-state index contributed by atoms with van der Waals surface area (Å²) < 4.78 is 5.12. The molecule has 0 atom stereocenters. The molecule has 1 heterocycles. The standard InChI is InChI=1S/C20H19ClN4O2/c1-13-3-5-14(6-4-13)10-22-19(26)15-11-23-20(24-12-15)25-16-7-8-18(27-2)17(21)9-16/h3-9,11-12H,10H2,1-2H3,(H,22,26)(H,23,24,25). The summed E-state index contributed by atoms with van der Waals surface area (Å²) in [6.07, 6.45) is 2.95. The highest BCUT2D eigenvalue weighted by molar-refractivity contribution is 6.32. The maximum atomic E-state index is 12.2. The minimum atomic E-state index is -0.227. The number of aryl methyl sites for hydroxylation is 1. The van der Waals surface area contributed by atoms with Gasteiger partial charge in [0.2, 0.25) is 5.95 Å². The SMILES string of the molecule is COc1ccc(Nc2ncc(C(=O)NCc3ccc(C)cc3)cn2)cc1Cl. The lowest BCUT2D eigenvalue weighted by molar-refractivity contribution is 0.0950. The zero-order valence-corrected chi connectivity index (χ0v) is 15.7.